The monoisotopic (exact) mass is 247 g/mol. The Kier molecular flexibility index (Phi) is 7.16. The minimum atomic E-state index is 0.266. The van der Waals surface area contributed by atoms with Gasteiger partial charge in [0.2, 0.25) is 0 Å². The van der Waals surface area contributed by atoms with E-state index in [1.165, 1.54) is 38.5 Å². The Balaban J connectivity index is 2.12. The zero-order valence-corrected chi connectivity index (χ0v) is 11.4. The van der Waals surface area contributed by atoms with Crippen molar-refractivity contribution in [1.29, 1.82) is 5.41 Å². The Bertz CT molecular complexity index is 343. The molecule has 0 saturated carbocycles. The molecule has 0 radical (unpaired) electrons. The van der Waals surface area contributed by atoms with Gasteiger partial charge in [-0.2, -0.15) is 0 Å². The molecule has 2 N–H and O–H groups in total. The van der Waals surface area contributed by atoms with Crippen molar-refractivity contribution >= 4 is 5.71 Å². The Morgan fingerprint density at radius 3 is 2.11 bits per heavy atom. The lowest BCUT2D eigenvalue weighted by molar-refractivity contribution is 0.475. The van der Waals surface area contributed by atoms with E-state index in [1.54, 1.807) is 12.1 Å². The molecule has 1 aromatic rings. The molecule has 0 spiro atoms. The van der Waals surface area contributed by atoms with Crippen LogP contribution in [-0.2, 0) is 0 Å². The van der Waals surface area contributed by atoms with Crippen LogP contribution in [-0.4, -0.2) is 10.8 Å². The molecule has 18 heavy (non-hydrogen) atoms. The first kappa shape index (κ1) is 14.7. The normalized spacial score (nSPS) is 10.5. The van der Waals surface area contributed by atoms with E-state index in [1.807, 2.05) is 12.1 Å². The standard InChI is InChI=1S/C16H25NO/c1-2-3-4-5-6-7-8-9-16(17)14-10-12-15(18)13-11-14/h10-13,17-18H,2-9H2,1H3. The van der Waals surface area contributed by atoms with Gasteiger partial charge in [0.05, 0.1) is 0 Å². The van der Waals surface area contributed by atoms with E-state index in [0.29, 0.717) is 5.71 Å². The van der Waals surface area contributed by atoms with Crippen molar-refractivity contribution in [2.24, 2.45) is 0 Å². The maximum atomic E-state index is 9.18. The number of aromatic hydroxyl groups is 1. The number of rotatable bonds is 9. The number of nitrogens with one attached hydrogen (secondary N) is 1. The fraction of sp³-hybridized carbons (Fsp3) is 0.562. The lowest BCUT2D eigenvalue weighted by Gasteiger charge is -2.04. The van der Waals surface area contributed by atoms with Crippen LogP contribution in [0.3, 0.4) is 0 Å². The number of phenols is 1. The molecule has 0 saturated heterocycles. The smallest absolute Gasteiger partial charge is 0.115 e. The van der Waals surface area contributed by atoms with Crippen LogP contribution in [0.5, 0.6) is 5.75 Å². The quantitative estimate of drug-likeness (QED) is 0.473. The topological polar surface area (TPSA) is 44.1 Å². The second-order valence-corrected chi connectivity index (χ2v) is 4.90. The molecule has 2 heteroatoms. The highest BCUT2D eigenvalue weighted by Crippen LogP contribution is 2.14. The number of hydrogen-bond acceptors (Lipinski definition) is 2. The van der Waals surface area contributed by atoms with Crippen molar-refractivity contribution in [3.05, 3.63) is 29.8 Å². The van der Waals surface area contributed by atoms with Crippen molar-refractivity contribution in [1.82, 2.24) is 0 Å². The van der Waals surface area contributed by atoms with Gasteiger partial charge in [-0.1, -0.05) is 45.4 Å². The van der Waals surface area contributed by atoms with Crippen molar-refractivity contribution in [2.45, 2.75) is 58.3 Å². The predicted molar refractivity (Wildman–Crippen MR) is 77.5 cm³/mol. The third-order valence-corrected chi connectivity index (χ3v) is 3.25. The molecule has 1 rings (SSSR count). The SMILES string of the molecule is CCCCCCCCCC(=N)c1ccc(O)cc1. The van der Waals surface area contributed by atoms with E-state index in [4.69, 9.17) is 5.41 Å². The van der Waals surface area contributed by atoms with E-state index in [9.17, 15) is 5.11 Å². The Labute approximate surface area is 111 Å². The maximum Gasteiger partial charge on any atom is 0.115 e. The molecule has 0 aliphatic rings. The summed E-state index contributed by atoms with van der Waals surface area (Å²) in [6.45, 7) is 2.24. The van der Waals surface area contributed by atoms with E-state index >= 15 is 0 Å². The van der Waals surface area contributed by atoms with Gasteiger partial charge in [-0.05, 0) is 42.7 Å². The Morgan fingerprint density at radius 2 is 1.50 bits per heavy atom. The van der Waals surface area contributed by atoms with Gasteiger partial charge >= 0.3 is 0 Å². The van der Waals surface area contributed by atoms with E-state index in [2.05, 4.69) is 6.92 Å². The van der Waals surface area contributed by atoms with Crippen LogP contribution in [0.15, 0.2) is 24.3 Å². The van der Waals surface area contributed by atoms with Crippen LogP contribution in [0, 0.1) is 5.41 Å². The maximum absolute atomic E-state index is 9.18. The first-order valence-corrected chi connectivity index (χ1v) is 7.11. The molecular weight excluding hydrogens is 222 g/mol. The minimum absolute atomic E-state index is 0.266. The largest absolute Gasteiger partial charge is 0.508 e. The van der Waals surface area contributed by atoms with Crippen LogP contribution in [0.2, 0.25) is 0 Å². The van der Waals surface area contributed by atoms with Gasteiger partial charge in [0.15, 0.2) is 0 Å². The lowest BCUT2D eigenvalue weighted by Crippen LogP contribution is -1.98. The summed E-state index contributed by atoms with van der Waals surface area (Å²) < 4.78 is 0. The Morgan fingerprint density at radius 1 is 0.944 bits per heavy atom. The number of hydrogen-bond donors (Lipinski definition) is 2. The zero-order chi connectivity index (χ0) is 13.2. The third-order valence-electron chi connectivity index (χ3n) is 3.25. The van der Waals surface area contributed by atoms with Crippen LogP contribution in [0.25, 0.3) is 0 Å². The van der Waals surface area contributed by atoms with Crippen LogP contribution >= 0.6 is 0 Å². The first-order valence-electron chi connectivity index (χ1n) is 7.11. The van der Waals surface area contributed by atoms with Gasteiger partial charge in [0.1, 0.15) is 5.75 Å². The molecular formula is C16H25NO. The number of benzene rings is 1. The van der Waals surface area contributed by atoms with Gasteiger partial charge in [-0.15, -0.1) is 0 Å². The summed E-state index contributed by atoms with van der Waals surface area (Å²) in [6.07, 6.45) is 9.80. The molecule has 1 aromatic carbocycles. The zero-order valence-electron chi connectivity index (χ0n) is 11.4. The first-order chi connectivity index (χ1) is 8.74. The highest BCUT2D eigenvalue weighted by molar-refractivity contribution is 5.98. The fourth-order valence-corrected chi connectivity index (χ4v) is 2.07. The molecule has 0 aliphatic heterocycles. The van der Waals surface area contributed by atoms with Crippen LogP contribution in [0.1, 0.15) is 63.9 Å². The van der Waals surface area contributed by atoms with E-state index in [-0.39, 0.29) is 5.75 Å². The fourth-order valence-electron chi connectivity index (χ4n) is 2.07. The minimum Gasteiger partial charge on any atom is -0.508 e. The highest BCUT2D eigenvalue weighted by Gasteiger charge is 2.01. The summed E-state index contributed by atoms with van der Waals surface area (Å²) >= 11 is 0. The average Bonchev–Trinajstić information content (AvgIpc) is 2.38. The average molecular weight is 247 g/mol. The van der Waals surface area contributed by atoms with Gasteiger partial charge in [0, 0.05) is 5.71 Å². The molecule has 0 fully saturated rings. The van der Waals surface area contributed by atoms with Gasteiger partial charge in [-0.3, -0.25) is 0 Å². The Hall–Kier alpha value is -1.31. The molecule has 0 heterocycles. The van der Waals surface area contributed by atoms with Gasteiger partial charge < -0.3 is 10.5 Å². The summed E-state index contributed by atoms with van der Waals surface area (Å²) in [4.78, 5) is 0. The summed E-state index contributed by atoms with van der Waals surface area (Å²) in [5.74, 6) is 0.266. The molecule has 0 aliphatic carbocycles. The second kappa shape index (κ2) is 8.73. The van der Waals surface area contributed by atoms with Crippen molar-refractivity contribution in [3.8, 4) is 5.75 Å². The van der Waals surface area contributed by atoms with Gasteiger partial charge in [-0.25, -0.2) is 0 Å². The summed E-state index contributed by atoms with van der Waals surface area (Å²) in [7, 11) is 0. The molecule has 2 nitrogen and oxygen atoms in total. The number of unbranched alkanes of at least 4 members (excludes halogenated alkanes) is 6. The molecule has 0 atom stereocenters. The van der Waals surface area contributed by atoms with Crippen molar-refractivity contribution in [2.75, 3.05) is 0 Å². The molecule has 100 valence electrons. The van der Waals surface area contributed by atoms with Crippen LogP contribution in [0.4, 0.5) is 0 Å². The molecule has 0 bridgehead atoms. The predicted octanol–water partition coefficient (Wildman–Crippen LogP) is 4.90. The second-order valence-electron chi connectivity index (χ2n) is 4.90. The van der Waals surface area contributed by atoms with Crippen molar-refractivity contribution < 1.29 is 5.11 Å². The third kappa shape index (κ3) is 5.85. The number of phenolic OH excluding ortho intramolecular Hbond substituents is 1. The molecule has 0 aromatic heterocycles. The van der Waals surface area contributed by atoms with E-state index < -0.39 is 0 Å². The van der Waals surface area contributed by atoms with Gasteiger partial charge in [0.25, 0.3) is 0 Å². The summed E-state index contributed by atoms with van der Waals surface area (Å²) in [5, 5.41) is 17.1. The molecule has 0 amide bonds. The van der Waals surface area contributed by atoms with E-state index in [0.717, 1.165) is 18.4 Å². The lowest BCUT2D eigenvalue weighted by atomic mass is 10.0. The summed E-state index contributed by atoms with van der Waals surface area (Å²) in [5.41, 5.74) is 1.61. The van der Waals surface area contributed by atoms with Crippen molar-refractivity contribution in [3.63, 3.8) is 0 Å². The summed E-state index contributed by atoms with van der Waals surface area (Å²) in [6, 6.07) is 6.93. The van der Waals surface area contributed by atoms with Crippen LogP contribution < -0.4 is 0 Å². The highest BCUT2D eigenvalue weighted by atomic mass is 16.3. The molecule has 0 unspecified atom stereocenters.